The van der Waals surface area contributed by atoms with Crippen molar-refractivity contribution in [1.82, 2.24) is 20.3 Å². The van der Waals surface area contributed by atoms with E-state index in [0.717, 1.165) is 17.4 Å². The quantitative estimate of drug-likeness (QED) is 0.641. The fraction of sp³-hybridized carbons (Fsp3) is 0.143. The van der Waals surface area contributed by atoms with Crippen molar-refractivity contribution in [2.45, 2.75) is 6.54 Å². The van der Waals surface area contributed by atoms with Crippen LogP contribution in [0, 0.1) is 0 Å². The molecule has 0 radical (unpaired) electrons. The number of H-pyrrole nitrogens is 1. The van der Waals surface area contributed by atoms with Gasteiger partial charge < -0.3 is 15.6 Å². The van der Waals surface area contributed by atoms with Crippen molar-refractivity contribution in [3.05, 3.63) is 46.5 Å². The molecule has 0 aliphatic rings. The van der Waals surface area contributed by atoms with Crippen molar-refractivity contribution in [3.63, 3.8) is 0 Å². The zero-order valence-electron chi connectivity index (χ0n) is 11.2. The number of aromatic amines is 1. The van der Waals surface area contributed by atoms with E-state index in [1.54, 1.807) is 12.1 Å². The molecule has 0 saturated heterocycles. The van der Waals surface area contributed by atoms with Crippen LogP contribution in [0.25, 0.3) is 10.9 Å². The summed E-state index contributed by atoms with van der Waals surface area (Å²) in [6.45, 7) is 0.793. The number of fused-ring (bicyclic) bond motifs is 1. The first-order valence-electron chi connectivity index (χ1n) is 6.37. The van der Waals surface area contributed by atoms with Crippen LogP contribution in [0.15, 0.2) is 30.6 Å². The second-order valence-electron chi connectivity index (χ2n) is 4.56. The molecule has 3 aromatic rings. The van der Waals surface area contributed by atoms with Crippen LogP contribution in [-0.2, 0) is 6.54 Å². The average Bonchev–Trinajstić information content (AvgIpc) is 2.85. The number of nitrogens with one attached hydrogen (secondary N) is 3. The largest absolute Gasteiger partial charge is 0.361 e. The lowest BCUT2D eigenvalue weighted by Crippen LogP contribution is -2.04. The summed E-state index contributed by atoms with van der Waals surface area (Å²) in [5.74, 6) is 0.686. The molecule has 3 heterocycles. The third kappa shape index (κ3) is 2.95. The number of aromatic nitrogens is 3. The average molecular weight is 322 g/mol. The molecular weight excluding hydrogens is 309 g/mol. The van der Waals surface area contributed by atoms with Gasteiger partial charge >= 0.3 is 0 Å². The zero-order valence-corrected chi connectivity index (χ0v) is 12.8. The van der Waals surface area contributed by atoms with Crippen molar-refractivity contribution in [2.75, 3.05) is 12.4 Å². The summed E-state index contributed by atoms with van der Waals surface area (Å²) < 4.78 is 0. The monoisotopic (exact) mass is 321 g/mol. The van der Waals surface area contributed by atoms with E-state index in [1.807, 2.05) is 25.5 Å². The highest BCUT2D eigenvalue weighted by Crippen LogP contribution is 2.26. The van der Waals surface area contributed by atoms with Gasteiger partial charge in [-0.15, -0.1) is 0 Å². The Labute approximate surface area is 131 Å². The molecule has 0 spiro atoms. The van der Waals surface area contributed by atoms with Crippen LogP contribution in [0.5, 0.6) is 0 Å². The van der Waals surface area contributed by atoms with Gasteiger partial charge in [-0.3, -0.25) is 0 Å². The highest BCUT2D eigenvalue weighted by Gasteiger charge is 2.07. The third-order valence-corrected chi connectivity index (χ3v) is 3.60. The van der Waals surface area contributed by atoms with Gasteiger partial charge in [-0.2, -0.15) is 0 Å². The van der Waals surface area contributed by atoms with Gasteiger partial charge in [0.15, 0.2) is 5.15 Å². The number of hydrogen-bond donors (Lipinski definition) is 3. The van der Waals surface area contributed by atoms with E-state index in [1.165, 1.54) is 5.56 Å². The molecule has 0 saturated carbocycles. The maximum absolute atomic E-state index is 6.04. The van der Waals surface area contributed by atoms with E-state index in [4.69, 9.17) is 23.2 Å². The summed E-state index contributed by atoms with van der Waals surface area (Å²) in [6, 6.07) is 5.37. The van der Waals surface area contributed by atoms with Crippen LogP contribution < -0.4 is 10.6 Å². The van der Waals surface area contributed by atoms with Gasteiger partial charge in [-0.05, 0) is 24.7 Å². The van der Waals surface area contributed by atoms with Crippen LogP contribution in [0.4, 0.5) is 11.5 Å². The predicted octanol–water partition coefficient (Wildman–Crippen LogP) is 3.73. The summed E-state index contributed by atoms with van der Waals surface area (Å²) in [7, 11) is 1.91. The van der Waals surface area contributed by atoms with Crippen LogP contribution in [-0.4, -0.2) is 22.0 Å². The van der Waals surface area contributed by atoms with Crippen LogP contribution in [0.1, 0.15) is 5.56 Å². The van der Waals surface area contributed by atoms with E-state index in [2.05, 4.69) is 25.6 Å². The fourth-order valence-electron chi connectivity index (χ4n) is 2.12. The molecular formula is C14H13Cl2N5. The number of hydrogen-bond acceptors (Lipinski definition) is 4. The van der Waals surface area contributed by atoms with Crippen LogP contribution in [0.2, 0.25) is 10.3 Å². The first kappa shape index (κ1) is 14.1. The maximum atomic E-state index is 6.04. The van der Waals surface area contributed by atoms with E-state index < -0.39 is 0 Å². The molecule has 5 nitrogen and oxygen atoms in total. The Morgan fingerprint density at radius 2 is 2.14 bits per heavy atom. The van der Waals surface area contributed by atoms with E-state index >= 15 is 0 Å². The van der Waals surface area contributed by atoms with Crippen LogP contribution >= 0.6 is 23.2 Å². The van der Waals surface area contributed by atoms with Crippen LogP contribution in [0.3, 0.4) is 0 Å². The Hall–Kier alpha value is -1.82. The molecule has 0 aliphatic carbocycles. The maximum Gasteiger partial charge on any atom is 0.154 e. The minimum absolute atomic E-state index is 0.312. The Morgan fingerprint density at radius 1 is 1.29 bits per heavy atom. The highest BCUT2D eigenvalue weighted by molar-refractivity contribution is 6.34. The minimum atomic E-state index is 0.312. The SMILES string of the molecule is CNCc1c[nH]c2cc(Nc3ccc(Cl)nc3Cl)ncc12. The fourth-order valence-corrected chi connectivity index (χ4v) is 2.51. The Balaban J connectivity index is 1.91. The lowest BCUT2D eigenvalue weighted by Gasteiger charge is -2.07. The van der Waals surface area contributed by atoms with Gasteiger partial charge in [0.25, 0.3) is 0 Å². The van der Waals surface area contributed by atoms with E-state index in [9.17, 15) is 0 Å². The summed E-state index contributed by atoms with van der Waals surface area (Å²) in [5.41, 5.74) is 2.85. The Bertz CT molecular complexity index is 784. The van der Waals surface area contributed by atoms with Gasteiger partial charge in [0, 0.05) is 30.4 Å². The Kier molecular flexibility index (Phi) is 3.96. The van der Waals surface area contributed by atoms with Gasteiger partial charge in [0.05, 0.1) is 11.2 Å². The summed E-state index contributed by atoms with van der Waals surface area (Å²) >= 11 is 11.8. The van der Waals surface area contributed by atoms with Crippen molar-refractivity contribution in [1.29, 1.82) is 0 Å². The molecule has 7 heteroatoms. The Morgan fingerprint density at radius 3 is 2.90 bits per heavy atom. The minimum Gasteiger partial charge on any atom is -0.361 e. The molecule has 21 heavy (non-hydrogen) atoms. The van der Waals surface area contributed by atoms with Gasteiger partial charge in [-0.25, -0.2) is 9.97 Å². The first-order chi connectivity index (χ1) is 10.2. The molecule has 108 valence electrons. The lowest BCUT2D eigenvalue weighted by molar-refractivity contribution is 0.823. The topological polar surface area (TPSA) is 65.6 Å². The van der Waals surface area contributed by atoms with E-state index in [0.29, 0.717) is 21.8 Å². The molecule has 0 fully saturated rings. The molecule has 3 aromatic heterocycles. The van der Waals surface area contributed by atoms with Crippen molar-refractivity contribution < 1.29 is 0 Å². The molecule has 0 bridgehead atoms. The molecule has 0 unspecified atom stereocenters. The number of rotatable bonds is 4. The predicted molar refractivity (Wildman–Crippen MR) is 86.4 cm³/mol. The second kappa shape index (κ2) is 5.89. The number of anilines is 2. The summed E-state index contributed by atoms with van der Waals surface area (Å²) in [4.78, 5) is 11.6. The van der Waals surface area contributed by atoms with Gasteiger partial charge in [0.2, 0.25) is 0 Å². The second-order valence-corrected chi connectivity index (χ2v) is 5.30. The standard InChI is InChI=1S/C14H13Cl2N5/c1-17-5-8-6-18-11-4-13(19-7-9(8)11)20-10-2-3-12(15)21-14(10)16/h2-4,6-7,17-18H,5H2,1H3,(H,19,20). The lowest BCUT2D eigenvalue weighted by atomic mass is 10.2. The molecule has 0 aromatic carbocycles. The van der Waals surface area contributed by atoms with Crippen molar-refractivity contribution >= 4 is 45.6 Å². The summed E-state index contributed by atoms with van der Waals surface area (Å²) in [6.07, 6.45) is 3.81. The van der Waals surface area contributed by atoms with Gasteiger partial charge in [0.1, 0.15) is 11.0 Å². The molecule has 0 aliphatic heterocycles. The number of nitrogens with zero attached hydrogens (tertiary/aromatic N) is 2. The molecule has 0 amide bonds. The highest BCUT2D eigenvalue weighted by atomic mass is 35.5. The van der Waals surface area contributed by atoms with E-state index in [-0.39, 0.29) is 0 Å². The third-order valence-electron chi connectivity index (χ3n) is 3.10. The molecule has 3 rings (SSSR count). The summed E-state index contributed by atoms with van der Waals surface area (Å²) in [5, 5.41) is 8.02. The molecule has 0 atom stereocenters. The normalized spacial score (nSPS) is 11.0. The van der Waals surface area contributed by atoms with Crippen molar-refractivity contribution in [2.24, 2.45) is 0 Å². The number of pyridine rings is 2. The van der Waals surface area contributed by atoms with Gasteiger partial charge in [-0.1, -0.05) is 23.2 Å². The molecule has 3 N–H and O–H groups in total. The smallest absolute Gasteiger partial charge is 0.154 e. The number of halogens is 2. The first-order valence-corrected chi connectivity index (χ1v) is 7.12. The van der Waals surface area contributed by atoms with Crippen molar-refractivity contribution in [3.8, 4) is 0 Å². The zero-order chi connectivity index (χ0) is 14.8.